The first-order valence-corrected chi connectivity index (χ1v) is 4.78. The van der Waals surface area contributed by atoms with Crippen molar-refractivity contribution in [2.24, 2.45) is 4.99 Å². The van der Waals surface area contributed by atoms with Crippen LogP contribution >= 0.6 is 11.6 Å². The maximum atomic E-state index is 6.01. The van der Waals surface area contributed by atoms with Gasteiger partial charge in [-0.1, -0.05) is 35.9 Å². The van der Waals surface area contributed by atoms with Crippen molar-refractivity contribution in [1.82, 2.24) is 4.90 Å². The molecule has 0 spiro atoms. The van der Waals surface area contributed by atoms with Crippen molar-refractivity contribution in [3.8, 4) is 0 Å². The van der Waals surface area contributed by atoms with Crippen molar-refractivity contribution in [3.63, 3.8) is 0 Å². The van der Waals surface area contributed by atoms with E-state index in [9.17, 15) is 0 Å². The Balaban J connectivity index is 2.52. The summed E-state index contributed by atoms with van der Waals surface area (Å²) in [6.45, 7) is 0. The van der Waals surface area contributed by atoms with Gasteiger partial charge in [0.05, 0.1) is 5.70 Å². The number of benzene rings is 1. The normalized spacial score (nSPS) is 16.8. The maximum Gasteiger partial charge on any atom is 0.137 e. The third kappa shape index (κ3) is 1.53. The van der Waals surface area contributed by atoms with Crippen LogP contribution in [0.5, 0.6) is 0 Å². The van der Waals surface area contributed by atoms with Gasteiger partial charge < -0.3 is 4.90 Å². The zero-order chi connectivity index (χ0) is 10.1. The third-order valence-electron chi connectivity index (χ3n) is 2.02. The average Bonchev–Trinajstić information content (AvgIpc) is 2.44. The summed E-state index contributed by atoms with van der Waals surface area (Å²) in [6.07, 6.45) is 1.97. The number of hydrogen-bond donors (Lipinski definition) is 0. The molecule has 1 aliphatic rings. The molecule has 0 bridgehead atoms. The predicted octanol–water partition coefficient (Wildman–Crippen LogP) is 2.55. The minimum atomic E-state index is 0.578. The summed E-state index contributed by atoms with van der Waals surface area (Å²) in [6, 6.07) is 7.98. The van der Waals surface area contributed by atoms with Gasteiger partial charge in [0.1, 0.15) is 5.17 Å². The van der Waals surface area contributed by atoms with Crippen LogP contribution < -0.4 is 0 Å². The Kier molecular flexibility index (Phi) is 2.30. The highest BCUT2D eigenvalue weighted by atomic mass is 35.5. The summed E-state index contributed by atoms with van der Waals surface area (Å²) in [7, 11) is 3.94. The van der Waals surface area contributed by atoms with E-state index in [1.807, 2.05) is 49.5 Å². The zero-order valence-electron chi connectivity index (χ0n) is 8.16. The SMILES string of the molecule is CN(C)/C=C1/N=C(Cl)c2ccccc21. The minimum absolute atomic E-state index is 0.578. The molecule has 0 aromatic heterocycles. The predicted molar refractivity (Wildman–Crippen MR) is 60.5 cm³/mol. The van der Waals surface area contributed by atoms with E-state index >= 15 is 0 Å². The van der Waals surface area contributed by atoms with Crippen molar-refractivity contribution < 1.29 is 0 Å². The van der Waals surface area contributed by atoms with E-state index < -0.39 is 0 Å². The summed E-state index contributed by atoms with van der Waals surface area (Å²) in [5.74, 6) is 0. The van der Waals surface area contributed by atoms with Crippen molar-refractivity contribution in [2.45, 2.75) is 0 Å². The van der Waals surface area contributed by atoms with Gasteiger partial charge in [0.2, 0.25) is 0 Å². The van der Waals surface area contributed by atoms with Crippen LogP contribution in [-0.4, -0.2) is 24.2 Å². The largest absolute Gasteiger partial charge is 0.382 e. The molecular formula is C11H11ClN2. The average molecular weight is 207 g/mol. The highest BCUT2D eigenvalue weighted by molar-refractivity contribution is 6.71. The van der Waals surface area contributed by atoms with Crippen molar-refractivity contribution >= 4 is 22.5 Å². The van der Waals surface area contributed by atoms with E-state index in [1.165, 1.54) is 0 Å². The number of rotatable bonds is 1. The van der Waals surface area contributed by atoms with Crippen molar-refractivity contribution in [1.29, 1.82) is 0 Å². The molecule has 1 heterocycles. The first-order chi connectivity index (χ1) is 6.68. The van der Waals surface area contributed by atoms with E-state index in [4.69, 9.17) is 11.6 Å². The minimum Gasteiger partial charge on any atom is -0.382 e. The molecule has 0 radical (unpaired) electrons. The van der Waals surface area contributed by atoms with Crippen LogP contribution in [0, 0.1) is 0 Å². The van der Waals surface area contributed by atoms with E-state index in [-0.39, 0.29) is 0 Å². The van der Waals surface area contributed by atoms with Crippen LogP contribution in [0.25, 0.3) is 5.70 Å². The van der Waals surface area contributed by atoms with Gasteiger partial charge in [-0.3, -0.25) is 0 Å². The first kappa shape index (κ1) is 9.28. The molecule has 0 unspecified atom stereocenters. The molecule has 14 heavy (non-hydrogen) atoms. The van der Waals surface area contributed by atoms with Crippen molar-refractivity contribution in [2.75, 3.05) is 14.1 Å². The second kappa shape index (κ2) is 3.46. The number of aliphatic imine (C=N–C) groups is 1. The van der Waals surface area contributed by atoms with Gasteiger partial charge in [0.25, 0.3) is 0 Å². The van der Waals surface area contributed by atoms with Crippen LogP contribution in [0.4, 0.5) is 0 Å². The van der Waals surface area contributed by atoms with Gasteiger partial charge in [-0.15, -0.1) is 0 Å². The molecule has 1 aromatic carbocycles. The Morgan fingerprint density at radius 1 is 1.21 bits per heavy atom. The number of halogens is 1. The summed E-state index contributed by atoms with van der Waals surface area (Å²) in [5, 5.41) is 0.578. The summed E-state index contributed by atoms with van der Waals surface area (Å²) < 4.78 is 0. The summed E-state index contributed by atoms with van der Waals surface area (Å²) in [4.78, 5) is 6.26. The smallest absolute Gasteiger partial charge is 0.137 e. The molecule has 0 amide bonds. The lowest BCUT2D eigenvalue weighted by atomic mass is 10.1. The van der Waals surface area contributed by atoms with Gasteiger partial charge in [-0.05, 0) is 0 Å². The monoisotopic (exact) mass is 206 g/mol. The Bertz CT molecular complexity index is 419. The molecule has 2 nitrogen and oxygen atoms in total. The molecule has 0 aliphatic carbocycles. The van der Waals surface area contributed by atoms with Crippen LogP contribution in [-0.2, 0) is 0 Å². The van der Waals surface area contributed by atoms with Crippen LogP contribution in [0.1, 0.15) is 11.1 Å². The lowest BCUT2D eigenvalue weighted by Crippen LogP contribution is -2.01. The highest BCUT2D eigenvalue weighted by Crippen LogP contribution is 2.29. The van der Waals surface area contributed by atoms with Gasteiger partial charge >= 0.3 is 0 Å². The molecule has 1 aliphatic heterocycles. The van der Waals surface area contributed by atoms with Gasteiger partial charge in [0, 0.05) is 31.4 Å². The zero-order valence-corrected chi connectivity index (χ0v) is 8.92. The van der Waals surface area contributed by atoms with Crippen LogP contribution in [0.3, 0.4) is 0 Å². The molecule has 72 valence electrons. The lowest BCUT2D eigenvalue weighted by molar-refractivity contribution is 0.565. The van der Waals surface area contributed by atoms with Gasteiger partial charge in [-0.2, -0.15) is 0 Å². The molecule has 0 atom stereocenters. The van der Waals surface area contributed by atoms with Crippen LogP contribution in [0.2, 0.25) is 0 Å². The molecule has 3 heteroatoms. The van der Waals surface area contributed by atoms with Gasteiger partial charge in [-0.25, -0.2) is 4.99 Å². The topological polar surface area (TPSA) is 15.6 Å². The molecular weight excluding hydrogens is 196 g/mol. The maximum absolute atomic E-state index is 6.01. The number of fused-ring (bicyclic) bond motifs is 1. The molecule has 0 saturated heterocycles. The van der Waals surface area contributed by atoms with Crippen molar-refractivity contribution in [3.05, 3.63) is 41.6 Å². The second-order valence-corrected chi connectivity index (χ2v) is 3.78. The fourth-order valence-electron chi connectivity index (χ4n) is 1.46. The Hall–Kier alpha value is -1.28. The van der Waals surface area contributed by atoms with Gasteiger partial charge in [0.15, 0.2) is 0 Å². The van der Waals surface area contributed by atoms with E-state index in [1.54, 1.807) is 0 Å². The van der Waals surface area contributed by atoms with E-state index in [2.05, 4.69) is 4.99 Å². The Morgan fingerprint density at radius 3 is 2.50 bits per heavy atom. The molecule has 1 aromatic rings. The Labute approximate surface area is 88.5 Å². The quantitative estimate of drug-likeness (QED) is 0.690. The molecule has 2 rings (SSSR count). The number of nitrogens with zero attached hydrogens (tertiary/aromatic N) is 2. The Morgan fingerprint density at radius 2 is 1.86 bits per heavy atom. The molecule has 0 fully saturated rings. The molecule has 0 N–H and O–H groups in total. The fraction of sp³-hybridized carbons (Fsp3) is 0.182. The van der Waals surface area contributed by atoms with E-state index in [0.717, 1.165) is 16.8 Å². The number of hydrogen-bond acceptors (Lipinski definition) is 2. The molecule has 0 saturated carbocycles. The standard InChI is InChI=1S/C11H11ClN2/c1-14(2)7-10-8-5-3-4-6-9(8)11(12)13-10/h3-7H,1-2H3/b10-7+. The summed E-state index contributed by atoms with van der Waals surface area (Å²) in [5.41, 5.74) is 3.05. The highest BCUT2D eigenvalue weighted by Gasteiger charge is 2.17. The lowest BCUT2D eigenvalue weighted by Gasteiger charge is -2.05. The summed E-state index contributed by atoms with van der Waals surface area (Å²) >= 11 is 6.01. The van der Waals surface area contributed by atoms with Crippen LogP contribution in [0.15, 0.2) is 35.5 Å². The third-order valence-corrected chi connectivity index (χ3v) is 2.31. The first-order valence-electron chi connectivity index (χ1n) is 4.40. The second-order valence-electron chi connectivity index (χ2n) is 3.43. The van der Waals surface area contributed by atoms with E-state index in [0.29, 0.717) is 5.17 Å². The fourth-order valence-corrected chi connectivity index (χ4v) is 1.71.